The Morgan fingerprint density at radius 2 is 2.16 bits per heavy atom. The first-order valence-corrected chi connectivity index (χ1v) is 8.93. The molecule has 0 bridgehead atoms. The predicted molar refractivity (Wildman–Crippen MR) is 99.6 cm³/mol. The molecule has 1 aliphatic heterocycles. The summed E-state index contributed by atoms with van der Waals surface area (Å²) in [5.74, 6) is 1.77. The molecule has 1 N–H and O–H groups in total. The molecule has 0 saturated heterocycles. The zero-order chi connectivity index (χ0) is 17.4. The Balaban J connectivity index is 1.54. The number of carbonyl (C=O) groups excluding carboxylic acids is 1. The van der Waals surface area contributed by atoms with Gasteiger partial charge < -0.3 is 9.88 Å². The SMILES string of the molecule is Cc1cccc(CNC(=O)c2ccc3c(c2)nc2n3CC[C@@H](C)C2)c1. The van der Waals surface area contributed by atoms with Crippen LogP contribution in [0.3, 0.4) is 0 Å². The quantitative estimate of drug-likeness (QED) is 0.791. The fraction of sp³-hybridized carbons (Fsp3) is 0.333. The number of carbonyl (C=O) groups is 1. The summed E-state index contributed by atoms with van der Waals surface area (Å²) in [6.07, 6.45) is 2.21. The standard InChI is InChI=1S/C21H23N3O/c1-14-4-3-5-16(10-14)13-22-21(25)17-6-7-19-18(12-17)23-20-11-15(2)8-9-24(19)20/h3-7,10,12,15H,8-9,11,13H2,1-2H3,(H,22,25)/t15-/m1/s1. The average molecular weight is 333 g/mol. The number of fused-ring (bicyclic) bond motifs is 3. The van der Waals surface area contributed by atoms with Crippen LogP contribution in [0.2, 0.25) is 0 Å². The van der Waals surface area contributed by atoms with Crippen LogP contribution in [0, 0.1) is 12.8 Å². The van der Waals surface area contributed by atoms with Gasteiger partial charge in [0.1, 0.15) is 5.82 Å². The molecule has 1 aliphatic rings. The fourth-order valence-electron chi connectivity index (χ4n) is 3.60. The second-order valence-electron chi connectivity index (χ2n) is 7.15. The first-order chi connectivity index (χ1) is 12.1. The summed E-state index contributed by atoms with van der Waals surface area (Å²) in [5.41, 5.74) is 5.04. The van der Waals surface area contributed by atoms with Crippen LogP contribution in [0.1, 0.15) is 40.7 Å². The molecule has 0 fully saturated rings. The summed E-state index contributed by atoms with van der Waals surface area (Å²) in [4.78, 5) is 17.3. The van der Waals surface area contributed by atoms with E-state index in [-0.39, 0.29) is 5.91 Å². The van der Waals surface area contributed by atoms with E-state index in [4.69, 9.17) is 4.98 Å². The third kappa shape index (κ3) is 3.16. The molecule has 1 atom stereocenters. The van der Waals surface area contributed by atoms with Gasteiger partial charge in [0.25, 0.3) is 5.91 Å². The highest BCUT2D eigenvalue weighted by Crippen LogP contribution is 2.25. The molecule has 0 saturated carbocycles. The number of benzene rings is 2. The number of hydrogen-bond donors (Lipinski definition) is 1. The van der Waals surface area contributed by atoms with E-state index in [1.54, 1.807) is 0 Å². The van der Waals surface area contributed by atoms with Crippen molar-refractivity contribution >= 4 is 16.9 Å². The number of hydrogen-bond acceptors (Lipinski definition) is 2. The number of nitrogens with zero attached hydrogens (tertiary/aromatic N) is 2. The maximum Gasteiger partial charge on any atom is 0.251 e. The van der Waals surface area contributed by atoms with Gasteiger partial charge in [-0.2, -0.15) is 0 Å². The molecule has 0 unspecified atom stereocenters. The van der Waals surface area contributed by atoms with Gasteiger partial charge in [-0.3, -0.25) is 4.79 Å². The van der Waals surface area contributed by atoms with E-state index in [1.807, 2.05) is 30.3 Å². The second kappa shape index (κ2) is 6.36. The Morgan fingerprint density at radius 1 is 1.28 bits per heavy atom. The molecule has 1 aromatic heterocycles. The van der Waals surface area contributed by atoms with Crippen molar-refractivity contribution < 1.29 is 4.79 Å². The Labute approximate surface area is 147 Å². The lowest BCUT2D eigenvalue weighted by atomic mass is 10.0. The Hall–Kier alpha value is -2.62. The normalized spacial score (nSPS) is 16.6. The average Bonchev–Trinajstić information content (AvgIpc) is 2.96. The van der Waals surface area contributed by atoms with Gasteiger partial charge in [-0.15, -0.1) is 0 Å². The van der Waals surface area contributed by atoms with Crippen molar-refractivity contribution in [1.82, 2.24) is 14.9 Å². The van der Waals surface area contributed by atoms with Gasteiger partial charge >= 0.3 is 0 Å². The van der Waals surface area contributed by atoms with Crippen molar-refractivity contribution in [3.63, 3.8) is 0 Å². The highest BCUT2D eigenvalue weighted by Gasteiger charge is 2.19. The number of aromatic nitrogens is 2. The van der Waals surface area contributed by atoms with Gasteiger partial charge in [0.05, 0.1) is 11.0 Å². The van der Waals surface area contributed by atoms with E-state index in [1.165, 1.54) is 12.0 Å². The maximum atomic E-state index is 12.5. The van der Waals surface area contributed by atoms with Crippen LogP contribution in [-0.4, -0.2) is 15.5 Å². The molecule has 3 aromatic rings. The Bertz CT molecular complexity index is 941. The predicted octanol–water partition coefficient (Wildman–Crippen LogP) is 3.86. The maximum absolute atomic E-state index is 12.5. The lowest BCUT2D eigenvalue weighted by Crippen LogP contribution is -2.22. The third-order valence-electron chi connectivity index (χ3n) is 5.00. The second-order valence-corrected chi connectivity index (χ2v) is 7.15. The van der Waals surface area contributed by atoms with Crippen molar-refractivity contribution in [3.05, 3.63) is 65.0 Å². The van der Waals surface area contributed by atoms with Crippen LogP contribution in [0.25, 0.3) is 11.0 Å². The van der Waals surface area contributed by atoms with Crippen LogP contribution in [-0.2, 0) is 19.5 Å². The van der Waals surface area contributed by atoms with Crippen LogP contribution >= 0.6 is 0 Å². The molecule has 4 rings (SSSR count). The molecule has 4 nitrogen and oxygen atoms in total. The highest BCUT2D eigenvalue weighted by molar-refractivity contribution is 5.97. The summed E-state index contributed by atoms with van der Waals surface area (Å²) in [7, 11) is 0. The molecule has 25 heavy (non-hydrogen) atoms. The zero-order valence-corrected chi connectivity index (χ0v) is 14.7. The minimum absolute atomic E-state index is 0.0530. The van der Waals surface area contributed by atoms with E-state index < -0.39 is 0 Å². The summed E-state index contributed by atoms with van der Waals surface area (Å²) < 4.78 is 2.30. The molecular weight excluding hydrogens is 310 g/mol. The molecule has 2 heterocycles. The van der Waals surface area contributed by atoms with Crippen LogP contribution in [0.5, 0.6) is 0 Å². The molecule has 2 aromatic carbocycles. The lowest BCUT2D eigenvalue weighted by molar-refractivity contribution is 0.0951. The van der Waals surface area contributed by atoms with Crippen molar-refractivity contribution in [2.75, 3.05) is 0 Å². The largest absolute Gasteiger partial charge is 0.348 e. The minimum Gasteiger partial charge on any atom is -0.348 e. The summed E-state index contributed by atoms with van der Waals surface area (Å²) in [6.45, 7) is 5.88. The Kier molecular flexibility index (Phi) is 4.04. The van der Waals surface area contributed by atoms with Crippen molar-refractivity contribution in [2.45, 2.75) is 39.8 Å². The minimum atomic E-state index is -0.0530. The zero-order valence-electron chi connectivity index (χ0n) is 14.7. The van der Waals surface area contributed by atoms with E-state index in [0.717, 1.165) is 35.4 Å². The molecule has 0 aliphatic carbocycles. The molecule has 4 heteroatoms. The van der Waals surface area contributed by atoms with Gasteiger partial charge in [0, 0.05) is 25.1 Å². The van der Waals surface area contributed by atoms with E-state index in [9.17, 15) is 4.79 Å². The first-order valence-electron chi connectivity index (χ1n) is 8.93. The third-order valence-corrected chi connectivity index (χ3v) is 5.00. The highest BCUT2D eigenvalue weighted by atomic mass is 16.1. The van der Waals surface area contributed by atoms with Gasteiger partial charge in [-0.1, -0.05) is 36.8 Å². The van der Waals surface area contributed by atoms with E-state index in [0.29, 0.717) is 18.0 Å². The topological polar surface area (TPSA) is 46.9 Å². The van der Waals surface area contributed by atoms with Crippen molar-refractivity contribution in [2.24, 2.45) is 5.92 Å². The van der Waals surface area contributed by atoms with E-state index >= 15 is 0 Å². The van der Waals surface area contributed by atoms with Crippen LogP contribution in [0.4, 0.5) is 0 Å². The van der Waals surface area contributed by atoms with Gasteiger partial charge in [0.15, 0.2) is 0 Å². The van der Waals surface area contributed by atoms with Gasteiger partial charge in [0.2, 0.25) is 0 Å². The number of nitrogens with one attached hydrogen (secondary N) is 1. The lowest BCUT2D eigenvalue weighted by Gasteiger charge is -2.19. The fourth-order valence-corrected chi connectivity index (χ4v) is 3.60. The van der Waals surface area contributed by atoms with Crippen LogP contribution in [0.15, 0.2) is 42.5 Å². The van der Waals surface area contributed by atoms with E-state index in [2.05, 4.69) is 35.9 Å². The van der Waals surface area contributed by atoms with Crippen molar-refractivity contribution in [3.8, 4) is 0 Å². The number of aryl methyl sites for hydroxylation is 2. The first kappa shape index (κ1) is 15.9. The number of imidazole rings is 1. The molecule has 0 spiro atoms. The molecule has 128 valence electrons. The summed E-state index contributed by atoms with van der Waals surface area (Å²) in [5, 5.41) is 3.00. The summed E-state index contributed by atoms with van der Waals surface area (Å²) in [6, 6.07) is 14.0. The van der Waals surface area contributed by atoms with Crippen molar-refractivity contribution in [1.29, 1.82) is 0 Å². The monoisotopic (exact) mass is 333 g/mol. The van der Waals surface area contributed by atoms with Crippen LogP contribution < -0.4 is 5.32 Å². The van der Waals surface area contributed by atoms with Gasteiger partial charge in [-0.05, 0) is 43.0 Å². The molecule has 1 amide bonds. The summed E-state index contributed by atoms with van der Waals surface area (Å²) >= 11 is 0. The smallest absolute Gasteiger partial charge is 0.251 e. The Morgan fingerprint density at radius 3 is 3.00 bits per heavy atom. The number of amides is 1. The van der Waals surface area contributed by atoms with Gasteiger partial charge in [-0.25, -0.2) is 4.98 Å². The molecular formula is C21H23N3O. The molecule has 0 radical (unpaired) electrons. The number of rotatable bonds is 3.